The van der Waals surface area contributed by atoms with Crippen LogP contribution in [0.25, 0.3) is 0 Å². The summed E-state index contributed by atoms with van der Waals surface area (Å²) in [5.74, 6) is -3.52. The second-order valence-electron chi connectivity index (χ2n) is 7.75. The Morgan fingerprint density at radius 1 is 1.14 bits per heavy atom. The van der Waals surface area contributed by atoms with Gasteiger partial charge in [0.15, 0.2) is 0 Å². The maximum absolute atomic E-state index is 14.0. The molecule has 0 saturated carbocycles. The first-order valence-electron chi connectivity index (χ1n) is 10.1. The van der Waals surface area contributed by atoms with E-state index in [4.69, 9.17) is 5.11 Å². The Morgan fingerprint density at radius 2 is 1.83 bits per heavy atom. The van der Waals surface area contributed by atoms with Crippen molar-refractivity contribution < 1.29 is 41.0 Å². The molecule has 0 unspecified atom stereocenters. The zero-order chi connectivity index (χ0) is 26.1. The highest BCUT2D eigenvalue weighted by Crippen LogP contribution is 2.31. The Bertz CT molecular complexity index is 1270. The molecule has 0 aliphatic heterocycles. The molecule has 12 heteroatoms. The molecule has 0 saturated heterocycles. The minimum atomic E-state index is -4.62. The smallest absolute Gasteiger partial charge is 0.416 e. The Labute approximate surface area is 195 Å². The Kier molecular flexibility index (Phi) is 7.22. The number of carboxylic acids is 1. The molecule has 0 bridgehead atoms. The topological polar surface area (TPSA) is 84.2 Å². The summed E-state index contributed by atoms with van der Waals surface area (Å²) in [5.41, 5.74) is -2.65. The molecule has 35 heavy (non-hydrogen) atoms. The Balaban J connectivity index is 1.94. The molecule has 6 nitrogen and oxygen atoms in total. The molecule has 0 aliphatic rings. The second kappa shape index (κ2) is 9.80. The molecule has 0 spiro atoms. The monoisotopic (exact) mass is 499 g/mol. The van der Waals surface area contributed by atoms with Crippen LogP contribution < -0.4 is 5.32 Å². The van der Waals surface area contributed by atoms with Gasteiger partial charge < -0.3 is 10.4 Å². The maximum atomic E-state index is 14.0. The lowest BCUT2D eigenvalue weighted by molar-refractivity contribution is -0.137. The van der Waals surface area contributed by atoms with Crippen LogP contribution in [0, 0.1) is 5.82 Å². The van der Waals surface area contributed by atoms with Gasteiger partial charge >= 0.3 is 12.1 Å². The highest BCUT2D eigenvalue weighted by Gasteiger charge is 2.32. The van der Waals surface area contributed by atoms with E-state index in [2.05, 4.69) is 10.4 Å². The van der Waals surface area contributed by atoms with E-state index in [-0.39, 0.29) is 23.2 Å². The first-order chi connectivity index (χ1) is 16.3. The van der Waals surface area contributed by atoms with E-state index >= 15 is 0 Å². The van der Waals surface area contributed by atoms with Crippen LogP contribution in [-0.2, 0) is 19.6 Å². The van der Waals surface area contributed by atoms with Crippen molar-refractivity contribution in [3.05, 3.63) is 87.5 Å². The number of carbonyl (C=O) groups is 2. The lowest BCUT2D eigenvalue weighted by atomic mass is 10.0. The normalized spacial score (nSPS) is 12.6. The van der Waals surface area contributed by atoms with Gasteiger partial charge in [0.2, 0.25) is 0 Å². The molecular weight excluding hydrogens is 480 g/mol. The van der Waals surface area contributed by atoms with E-state index in [1.54, 1.807) is 0 Å². The molecule has 2 N–H and O–H groups in total. The number of carboxylic acid groups (broad SMARTS) is 1. The molecule has 0 aliphatic carbocycles. The predicted octanol–water partition coefficient (Wildman–Crippen LogP) is 5.30. The Morgan fingerprint density at radius 3 is 2.40 bits per heavy atom. The molecule has 1 amide bonds. The number of aromatic nitrogens is 2. The van der Waals surface area contributed by atoms with Crippen molar-refractivity contribution in [1.82, 2.24) is 15.1 Å². The molecule has 0 radical (unpaired) electrons. The van der Waals surface area contributed by atoms with Crippen molar-refractivity contribution >= 4 is 11.9 Å². The highest BCUT2D eigenvalue weighted by atomic mass is 19.4. The zero-order valence-corrected chi connectivity index (χ0v) is 18.3. The molecule has 186 valence electrons. The van der Waals surface area contributed by atoms with Crippen LogP contribution in [0.3, 0.4) is 0 Å². The van der Waals surface area contributed by atoms with E-state index in [1.807, 2.05) is 0 Å². The van der Waals surface area contributed by atoms with Gasteiger partial charge in [0.25, 0.3) is 12.3 Å². The van der Waals surface area contributed by atoms with E-state index in [9.17, 15) is 35.9 Å². The number of hydrogen-bond acceptors (Lipinski definition) is 3. The van der Waals surface area contributed by atoms with Crippen molar-refractivity contribution in [3.63, 3.8) is 0 Å². The molecule has 1 atom stereocenters. The van der Waals surface area contributed by atoms with Crippen LogP contribution in [0.4, 0.5) is 26.3 Å². The summed E-state index contributed by atoms with van der Waals surface area (Å²) < 4.78 is 81.5. The van der Waals surface area contributed by atoms with Crippen molar-refractivity contribution in [2.24, 2.45) is 7.05 Å². The number of alkyl halides is 5. The lowest BCUT2D eigenvalue weighted by Gasteiger charge is -2.16. The SMILES string of the molecule is C[C@H](NC(=O)c1c(Cc2cccc(C(F)(F)F)c2)nn(C)c1C(F)F)c1ccc(C(=O)O)c(F)c1. The summed E-state index contributed by atoms with van der Waals surface area (Å²) in [7, 11) is 1.18. The molecule has 3 rings (SSSR count). The van der Waals surface area contributed by atoms with Gasteiger partial charge in [-0.15, -0.1) is 0 Å². The molecule has 0 fully saturated rings. The van der Waals surface area contributed by atoms with E-state index < -0.39 is 58.7 Å². The van der Waals surface area contributed by atoms with Gasteiger partial charge in [-0.1, -0.05) is 24.3 Å². The number of amides is 1. The van der Waals surface area contributed by atoms with Crippen LogP contribution in [-0.4, -0.2) is 26.8 Å². The fraction of sp³-hybridized carbons (Fsp3) is 0.261. The standard InChI is InChI=1S/C23H19F6N3O3/c1-11(13-6-7-15(22(34)35)16(24)10-13)30-21(33)18-17(31-32(2)19(18)20(25)26)9-12-4-3-5-14(8-12)23(27,28)29/h3-8,10-11,20H,9H2,1-2H3,(H,30,33)(H,34,35)/t11-/m0/s1. The molecule has 3 aromatic rings. The molecule has 1 aromatic heterocycles. The van der Waals surface area contributed by atoms with Crippen molar-refractivity contribution in [2.45, 2.75) is 32.0 Å². The number of nitrogens with one attached hydrogen (secondary N) is 1. The fourth-order valence-electron chi connectivity index (χ4n) is 3.59. The van der Waals surface area contributed by atoms with Gasteiger partial charge in [0.05, 0.1) is 28.4 Å². The first kappa shape index (κ1) is 25.8. The summed E-state index contributed by atoms with van der Waals surface area (Å²) in [5, 5.41) is 15.3. The van der Waals surface area contributed by atoms with E-state index in [0.29, 0.717) is 0 Å². The number of rotatable bonds is 7. The average Bonchev–Trinajstić information content (AvgIpc) is 3.08. The van der Waals surface area contributed by atoms with Crippen molar-refractivity contribution in [2.75, 3.05) is 0 Å². The summed E-state index contributed by atoms with van der Waals surface area (Å²) in [6.45, 7) is 1.43. The number of benzene rings is 2. The predicted molar refractivity (Wildman–Crippen MR) is 112 cm³/mol. The summed E-state index contributed by atoms with van der Waals surface area (Å²) in [6.07, 6.45) is -8.06. The van der Waals surface area contributed by atoms with Crippen LogP contribution in [0.1, 0.15) is 68.2 Å². The number of carbonyl (C=O) groups excluding carboxylic acids is 1. The van der Waals surface area contributed by atoms with Crippen LogP contribution in [0.2, 0.25) is 0 Å². The van der Waals surface area contributed by atoms with Crippen molar-refractivity contribution in [3.8, 4) is 0 Å². The minimum absolute atomic E-state index is 0.104. The van der Waals surface area contributed by atoms with Gasteiger partial charge in [0, 0.05) is 13.5 Å². The largest absolute Gasteiger partial charge is 0.478 e. The molecular formula is C23H19F6N3O3. The number of hydrogen-bond donors (Lipinski definition) is 2. The summed E-state index contributed by atoms with van der Waals surface area (Å²) >= 11 is 0. The summed E-state index contributed by atoms with van der Waals surface area (Å²) in [4.78, 5) is 24.0. The third-order valence-corrected chi connectivity index (χ3v) is 5.29. The number of halogens is 6. The van der Waals surface area contributed by atoms with Gasteiger partial charge in [-0.2, -0.15) is 18.3 Å². The van der Waals surface area contributed by atoms with Gasteiger partial charge in [-0.05, 0) is 36.2 Å². The van der Waals surface area contributed by atoms with Gasteiger partial charge in [0.1, 0.15) is 11.5 Å². The number of aryl methyl sites for hydroxylation is 1. The van der Waals surface area contributed by atoms with Crippen LogP contribution >= 0.6 is 0 Å². The van der Waals surface area contributed by atoms with E-state index in [1.165, 1.54) is 26.1 Å². The fourth-order valence-corrected chi connectivity index (χ4v) is 3.59. The van der Waals surface area contributed by atoms with Crippen LogP contribution in [0.5, 0.6) is 0 Å². The second-order valence-corrected chi connectivity index (χ2v) is 7.75. The van der Waals surface area contributed by atoms with Crippen molar-refractivity contribution in [1.29, 1.82) is 0 Å². The van der Waals surface area contributed by atoms with Crippen LogP contribution in [0.15, 0.2) is 42.5 Å². The van der Waals surface area contributed by atoms with E-state index in [0.717, 1.165) is 35.0 Å². The lowest BCUT2D eigenvalue weighted by Crippen LogP contribution is -2.28. The summed E-state index contributed by atoms with van der Waals surface area (Å²) in [6, 6.07) is 6.45. The molecule has 2 aromatic carbocycles. The Hall–Kier alpha value is -3.83. The third-order valence-electron chi connectivity index (χ3n) is 5.29. The maximum Gasteiger partial charge on any atom is 0.416 e. The van der Waals surface area contributed by atoms with Gasteiger partial charge in [-0.25, -0.2) is 18.0 Å². The third kappa shape index (κ3) is 5.64. The quantitative estimate of drug-likeness (QED) is 0.433. The minimum Gasteiger partial charge on any atom is -0.478 e. The highest BCUT2D eigenvalue weighted by molar-refractivity contribution is 5.97. The first-order valence-corrected chi connectivity index (χ1v) is 10.1. The average molecular weight is 499 g/mol. The van der Waals surface area contributed by atoms with Gasteiger partial charge in [-0.3, -0.25) is 9.48 Å². The zero-order valence-electron chi connectivity index (χ0n) is 18.3. The number of aromatic carboxylic acids is 1. The molecule has 1 heterocycles. The number of nitrogens with zero attached hydrogens (tertiary/aromatic N) is 2.